The Morgan fingerprint density at radius 3 is 2.75 bits per heavy atom. The third kappa shape index (κ3) is 1.42. The maximum Gasteiger partial charge on any atom is 1.00 e. The molecule has 0 unspecified atom stereocenters. The molecule has 4 heteroatoms. The number of aromatic nitrogens is 2. The molecular weight excluding hydrogens is 147 g/mol. The summed E-state index contributed by atoms with van der Waals surface area (Å²) in [6.45, 7) is 0. The van der Waals surface area contributed by atoms with Crippen molar-refractivity contribution >= 4 is 10.8 Å². The molecular formula is C8H5LiN2O. The molecule has 0 N–H and O–H groups in total. The van der Waals surface area contributed by atoms with E-state index in [1.807, 2.05) is 18.2 Å². The van der Waals surface area contributed by atoms with Crippen LogP contribution in [0.5, 0.6) is 0 Å². The van der Waals surface area contributed by atoms with Crippen molar-refractivity contribution < 1.29 is 18.9 Å². The molecule has 3 nitrogen and oxygen atoms in total. The summed E-state index contributed by atoms with van der Waals surface area (Å²) in [4.78, 5) is 11.0. The average molecular weight is 152 g/mol. The molecule has 0 aliphatic heterocycles. The Labute approximate surface area is 81.0 Å². The number of benzene rings is 1. The second-order valence-corrected chi connectivity index (χ2v) is 2.24. The topological polar surface area (TPSA) is 44.1 Å². The maximum atomic E-state index is 11.0. The van der Waals surface area contributed by atoms with Gasteiger partial charge >= 0.3 is 18.9 Å². The molecule has 54 valence electrons. The molecule has 2 aromatic rings. The third-order valence-corrected chi connectivity index (χ3v) is 1.54. The first-order chi connectivity index (χ1) is 5.38. The van der Waals surface area contributed by atoms with Crippen LogP contribution in [0.4, 0.5) is 0 Å². The number of hydrogen-bond donors (Lipinski definition) is 0. The van der Waals surface area contributed by atoms with E-state index in [4.69, 9.17) is 0 Å². The van der Waals surface area contributed by atoms with Crippen LogP contribution in [0.25, 0.3) is 10.8 Å². The summed E-state index contributed by atoms with van der Waals surface area (Å²) < 4.78 is 0. The van der Waals surface area contributed by atoms with Crippen LogP contribution in [0.2, 0.25) is 0 Å². The molecule has 0 saturated heterocycles. The molecule has 1 aromatic carbocycles. The number of nitrogens with zero attached hydrogens (tertiary/aromatic N) is 2. The van der Waals surface area contributed by atoms with Crippen molar-refractivity contribution in [3.63, 3.8) is 0 Å². The van der Waals surface area contributed by atoms with E-state index in [1.54, 1.807) is 12.3 Å². The van der Waals surface area contributed by atoms with Crippen LogP contribution in [-0.2, 0) is 0 Å². The minimum Gasteiger partial charge on any atom is -0.540 e. The quantitative estimate of drug-likeness (QED) is 0.394. The van der Waals surface area contributed by atoms with Gasteiger partial charge in [0.05, 0.1) is 5.56 Å². The van der Waals surface area contributed by atoms with Crippen molar-refractivity contribution in [1.29, 1.82) is 0 Å². The Morgan fingerprint density at radius 2 is 2.00 bits per heavy atom. The number of fused-ring (bicyclic) bond motifs is 1. The van der Waals surface area contributed by atoms with Crippen molar-refractivity contribution in [3.05, 3.63) is 40.8 Å². The normalized spacial score (nSPS) is 9.33. The van der Waals surface area contributed by atoms with Crippen LogP contribution in [0.1, 0.15) is 0 Å². The van der Waals surface area contributed by atoms with Gasteiger partial charge in [0.2, 0.25) is 0 Å². The van der Waals surface area contributed by atoms with E-state index >= 15 is 0 Å². The molecule has 0 radical (unpaired) electrons. The monoisotopic (exact) mass is 152 g/mol. The first-order valence-electron chi connectivity index (χ1n) is 3.25. The SMILES string of the molecule is O=c1[n-]ncc2ccccc12.[Li+]. The summed E-state index contributed by atoms with van der Waals surface area (Å²) in [5.74, 6) is 0. The number of hydrogen-bond acceptors (Lipinski definition) is 2. The second-order valence-electron chi connectivity index (χ2n) is 2.24. The van der Waals surface area contributed by atoms with Gasteiger partial charge in [-0.3, -0.25) is 0 Å². The summed E-state index contributed by atoms with van der Waals surface area (Å²) in [6.07, 6.45) is 1.58. The zero-order valence-corrected chi connectivity index (χ0v) is 6.69. The van der Waals surface area contributed by atoms with E-state index in [1.165, 1.54) is 0 Å². The van der Waals surface area contributed by atoms with Crippen molar-refractivity contribution in [2.24, 2.45) is 0 Å². The first kappa shape index (κ1) is 9.05. The molecule has 0 spiro atoms. The van der Waals surface area contributed by atoms with E-state index < -0.39 is 0 Å². The molecule has 0 fully saturated rings. The standard InChI is InChI=1S/C8H6N2O.Li/c11-8-7-4-2-1-3-6(7)5-9-10-8;/h1-5H,(H,10,11);/q;+1/p-1. The Bertz CT molecular complexity index is 433. The van der Waals surface area contributed by atoms with Crippen LogP contribution < -0.4 is 29.5 Å². The van der Waals surface area contributed by atoms with Gasteiger partial charge in [-0.1, -0.05) is 24.3 Å². The van der Waals surface area contributed by atoms with Crippen LogP contribution in [0.3, 0.4) is 0 Å². The van der Waals surface area contributed by atoms with Crippen LogP contribution in [-0.4, -0.2) is 5.10 Å². The number of rotatable bonds is 0. The first-order valence-corrected chi connectivity index (χ1v) is 3.25. The molecule has 1 heterocycles. The Hall–Kier alpha value is -1.04. The molecule has 0 saturated carbocycles. The zero-order chi connectivity index (χ0) is 7.68. The molecule has 0 aliphatic carbocycles. The van der Waals surface area contributed by atoms with Gasteiger partial charge in [0.1, 0.15) is 0 Å². The molecule has 0 bridgehead atoms. The Balaban J connectivity index is 0.000000720. The van der Waals surface area contributed by atoms with Gasteiger partial charge in [-0.05, 0) is 0 Å². The fourth-order valence-electron chi connectivity index (χ4n) is 1.00. The minimum absolute atomic E-state index is 0. The van der Waals surface area contributed by atoms with E-state index in [2.05, 4.69) is 10.2 Å². The van der Waals surface area contributed by atoms with Gasteiger partial charge in [-0.25, -0.2) is 0 Å². The van der Waals surface area contributed by atoms with E-state index in [0.29, 0.717) is 5.39 Å². The summed E-state index contributed by atoms with van der Waals surface area (Å²) in [6, 6.07) is 7.26. The molecule has 2 rings (SSSR count). The summed E-state index contributed by atoms with van der Waals surface area (Å²) in [5.41, 5.74) is -0.261. The van der Waals surface area contributed by atoms with Gasteiger partial charge in [-0.15, -0.1) is 0 Å². The Morgan fingerprint density at radius 1 is 1.25 bits per heavy atom. The van der Waals surface area contributed by atoms with Crippen molar-refractivity contribution in [2.45, 2.75) is 0 Å². The van der Waals surface area contributed by atoms with Crippen LogP contribution in [0.15, 0.2) is 35.3 Å². The maximum absolute atomic E-state index is 11.0. The average Bonchev–Trinajstić information content (AvgIpc) is 2.06. The van der Waals surface area contributed by atoms with E-state index in [-0.39, 0.29) is 24.4 Å². The zero-order valence-electron chi connectivity index (χ0n) is 6.69. The molecule has 0 amide bonds. The summed E-state index contributed by atoms with van der Waals surface area (Å²) in [7, 11) is 0. The van der Waals surface area contributed by atoms with E-state index in [0.717, 1.165) is 5.39 Å². The Kier molecular flexibility index (Phi) is 2.69. The summed E-state index contributed by atoms with van der Waals surface area (Å²) in [5, 5.41) is 8.42. The molecule has 0 aliphatic rings. The third-order valence-electron chi connectivity index (χ3n) is 1.54. The van der Waals surface area contributed by atoms with Gasteiger partial charge in [0, 0.05) is 17.0 Å². The predicted octanol–water partition coefficient (Wildman–Crippen LogP) is -2.44. The molecule has 1 aromatic heterocycles. The molecule has 12 heavy (non-hydrogen) atoms. The molecule has 0 atom stereocenters. The largest absolute Gasteiger partial charge is 1.00 e. The van der Waals surface area contributed by atoms with Crippen LogP contribution in [0, 0.1) is 0 Å². The second kappa shape index (κ2) is 3.57. The fraction of sp³-hybridized carbons (Fsp3) is 0. The van der Waals surface area contributed by atoms with Gasteiger partial charge in [-0.2, -0.15) is 0 Å². The van der Waals surface area contributed by atoms with Crippen LogP contribution >= 0.6 is 0 Å². The van der Waals surface area contributed by atoms with Gasteiger partial charge < -0.3 is 15.0 Å². The minimum atomic E-state index is -0.261. The van der Waals surface area contributed by atoms with E-state index in [9.17, 15) is 4.79 Å². The summed E-state index contributed by atoms with van der Waals surface area (Å²) >= 11 is 0. The van der Waals surface area contributed by atoms with Crippen molar-refractivity contribution in [3.8, 4) is 0 Å². The van der Waals surface area contributed by atoms with Gasteiger partial charge in [0.15, 0.2) is 0 Å². The fourth-order valence-corrected chi connectivity index (χ4v) is 1.00. The van der Waals surface area contributed by atoms with Crippen molar-refractivity contribution in [1.82, 2.24) is 10.2 Å². The smallest absolute Gasteiger partial charge is 0.540 e. The predicted molar refractivity (Wildman–Crippen MR) is 41.3 cm³/mol. The van der Waals surface area contributed by atoms with Crippen molar-refractivity contribution in [2.75, 3.05) is 0 Å². The van der Waals surface area contributed by atoms with Gasteiger partial charge in [0.25, 0.3) is 0 Å².